The van der Waals surface area contributed by atoms with Gasteiger partial charge in [-0.2, -0.15) is 0 Å². The Morgan fingerprint density at radius 1 is 1.18 bits per heavy atom. The lowest BCUT2D eigenvalue weighted by Crippen LogP contribution is -2.48. The summed E-state index contributed by atoms with van der Waals surface area (Å²) in [7, 11) is 1.72. The van der Waals surface area contributed by atoms with Crippen molar-refractivity contribution in [1.82, 2.24) is 4.90 Å². The number of halogens is 1. The summed E-state index contributed by atoms with van der Waals surface area (Å²) in [6.45, 7) is 4.47. The molecule has 0 aromatic heterocycles. The van der Waals surface area contributed by atoms with Gasteiger partial charge in [-0.1, -0.05) is 25.1 Å². The molecule has 1 aliphatic heterocycles. The zero-order valence-electron chi connectivity index (χ0n) is 17.1. The van der Waals surface area contributed by atoms with E-state index in [1.807, 2.05) is 12.1 Å². The first-order valence-electron chi connectivity index (χ1n) is 10.4. The van der Waals surface area contributed by atoms with Crippen LogP contribution in [0.3, 0.4) is 0 Å². The van der Waals surface area contributed by atoms with Gasteiger partial charge in [0.25, 0.3) is 0 Å². The number of methoxy groups -OCH3 is 1. The topological polar surface area (TPSA) is 64.8 Å². The first-order valence-corrected chi connectivity index (χ1v) is 10.4. The van der Waals surface area contributed by atoms with E-state index in [9.17, 15) is 4.79 Å². The molecule has 28 heavy (non-hydrogen) atoms. The van der Waals surface area contributed by atoms with Crippen LogP contribution in [0.2, 0.25) is 0 Å². The molecular weight excluding hydrogens is 376 g/mol. The molecule has 3 atom stereocenters. The highest BCUT2D eigenvalue weighted by Gasteiger charge is 2.36. The van der Waals surface area contributed by atoms with Crippen LogP contribution >= 0.6 is 12.4 Å². The molecule has 0 unspecified atom stereocenters. The van der Waals surface area contributed by atoms with Gasteiger partial charge in [0, 0.05) is 31.7 Å². The highest BCUT2D eigenvalue weighted by atomic mass is 35.5. The number of hydrogen-bond donors (Lipinski definition) is 1. The number of hydrogen-bond acceptors (Lipinski definition) is 4. The zero-order chi connectivity index (χ0) is 19.2. The Labute approximate surface area is 175 Å². The molecule has 5 nitrogen and oxygen atoms in total. The van der Waals surface area contributed by atoms with Crippen molar-refractivity contribution in [2.45, 2.75) is 63.5 Å². The number of likely N-dealkylation sites (tertiary alicyclic amines) is 1. The van der Waals surface area contributed by atoms with Crippen molar-refractivity contribution < 1.29 is 14.3 Å². The number of benzene rings is 1. The molecule has 6 heteroatoms. The van der Waals surface area contributed by atoms with Crippen molar-refractivity contribution in [3.63, 3.8) is 0 Å². The van der Waals surface area contributed by atoms with Crippen LogP contribution in [0.4, 0.5) is 0 Å². The molecule has 2 aliphatic rings. The van der Waals surface area contributed by atoms with Crippen LogP contribution in [0.15, 0.2) is 24.3 Å². The Hall–Kier alpha value is -1.30. The molecule has 3 rings (SSSR count). The monoisotopic (exact) mass is 410 g/mol. The van der Waals surface area contributed by atoms with Crippen molar-refractivity contribution in [1.29, 1.82) is 0 Å². The van der Waals surface area contributed by atoms with E-state index in [4.69, 9.17) is 15.2 Å². The maximum atomic E-state index is 13.1. The predicted molar refractivity (Wildman–Crippen MR) is 114 cm³/mol. The van der Waals surface area contributed by atoms with E-state index in [0.717, 1.165) is 64.0 Å². The summed E-state index contributed by atoms with van der Waals surface area (Å²) in [4.78, 5) is 15.1. The average Bonchev–Trinajstić information content (AvgIpc) is 2.72. The van der Waals surface area contributed by atoms with Crippen molar-refractivity contribution in [3.05, 3.63) is 29.8 Å². The second-order valence-corrected chi connectivity index (χ2v) is 7.92. The largest absolute Gasteiger partial charge is 0.496 e. The number of amides is 1. The van der Waals surface area contributed by atoms with Gasteiger partial charge in [0.2, 0.25) is 5.91 Å². The fourth-order valence-electron chi connectivity index (χ4n) is 4.51. The number of nitrogens with two attached hydrogens (primary N) is 1. The van der Waals surface area contributed by atoms with Crippen LogP contribution in [-0.4, -0.2) is 49.8 Å². The van der Waals surface area contributed by atoms with E-state index in [0.29, 0.717) is 11.8 Å². The van der Waals surface area contributed by atoms with E-state index in [1.165, 1.54) is 5.56 Å². The van der Waals surface area contributed by atoms with Gasteiger partial charge in [0.05, 0.1) is 13.2 Å². The summed E-state index contributed by atoms with van der Waals surface area (Å²) in [6.07, 6.45) is 5.53. The predicted octanol–water partition coefficient (Wildman–Crippen LogP) is 3.75. The molecule has 1 amide bonds. The minimum absolute atomic E-state index is 0. The fraction of sp³-hybridized carbons (Fsp3) is 0.682. The molecule has 1 aromatic carbocycles. The van der Waals surface area contributed by atoms with E-state index in [1.54, 1.807) is 7.11 Å². The Kier molecular flexibility index (Phi) is 9.06. The standard InChI is InChI=1S/C22H34N2O3.ClH/c1-3-14-27-21-15-17(8-9-19(21)23)22(25)24-12-10-16(11-13-24)18-6-4-5-7-20(18)26-2;/h4-7,16-17,19,21H,3,8-15,23H2,1-2H3;1H/t17-,19-,21-;/m0./s1. The van der Waals surface area contributed by atoms with Gasteiger partial charge >= 0.3 is 0 Å². The number of piperidine rings is 1. The molecule has 0 bridgehead atoms. The minimum atomic E-state index is 0. The molecule has 158 valence electrons. The Balaban J connectivity index is 0.00000280. The van der Waals surface area contributed by atoms with Gasteiger partial charge < -0.3 is 20.1 Å². The van der Waals surface area contributed by atoms with Gasteiger partial charge in [-0.15, -0.1) is 12.4 Å². The van der Waals surface area contributed by atoms with Crippen LogP contribution < -0.4 is 10.5 Å². The Morgan fingerprint density at radius 3 is 2.57 bits per heavy atom. The molecule has 1 aliphatic carbocycles. The van der Waals surface area contributed by atoms with Gasteiger partial charge in [-0.25, -0.2) is 0 Å². The summed E-state index contributed by atoms with van der Waals surface area (Å²) in [5, 5.41) is 0. The number of rotatable bonds is 6. The molecule has 0 spiro atoms. The zero-order valence-corrected chi connectivity index (χ0v) is 18.0. The van der Waals surface area contributed by atoms with E-state index in [2.05, 4.69) is 24.0 Å². The van der Waals surface area contributed by atoms with Crippen molar-refractivity contribution in [2.75, 3.05) is 26.8 Å². The van der Waals surface area contributed by atoms with Crippen LogP contribution in [0.25, 0.3) is 0 Å². The van der Waals surface area contributed by atoms with Crippen molar-refractivity contribution in [2.24, 2.45) is 11.7 Å². The normalized spacial score (nSPS) is 25.8. The van der Waals surface area contributed by atoms with E-state index < -0.39 is 0 Å². The number of carbonyl (C=O) groups is 1. The van der Waals surface area contributed by atoms with Gasteiger partial charge in [0.1, 0.15) is 5.75 Å². The highest BCUT2D eigenvalue weighted by Crippen LogP contribution is 2.35. The lowest BCUT2D eigenvalue weighted by molar-refractivity contribution is -0.140. The van der Waals surface area contributed by atoms with E-state index >= 15 is 0 Å². The summed E-state index contributed by atoms with van der Waals surface area (Å²) >= 11 is 0. The summed E-state index contributed by atoms with van der Waals surface area (Å²) < 4.78 is 11.4. The Morgan fingerprint density at radius 2 is 1.89 bits per heavy atom. The summed E-state index contributed by atoms with van der Waals surface area (Å²) in [6, 6.07) is 8.31. The number of ether oxygens (including phenoxy) is 2. The second kappa shape index (κ2) is 11.0. The van der Waals surface area contributed by atoms with Gasteiger partial charge in [0.15, 0.2) is 0 Å². The van der Waals surface area contributed by atoms with Crippen LogP contribution in [0.5, 0.6) is 5.75 Å². The molecule has 2 fully saturated rings. The Bertz CT molecular complexity index is 620. The van der Waals surface area contributed by atoms with Crippen LogP contribution in [0, 0.1) is 5.92 Å². The molecule has 0 radical (unpaired) electrons. The maximum Gasteiger partial charge on any atom is 0.225 e. The second-order valence-electron chi connectivity index (χ2n) is 7.92. The molecule has 1 saturated heterocycles. The first-order chi connectivity index (χ1) is 13.1. The van der Waals surface area contributed by atoms with Crippen molar-refractivity contribution in [3.8, 4) is 5.75 Å². The minimum Gasteiger partial charge on any atom is -0.496 e. The number of carbonyl (C=O) groups excluding carboxylic acids is 1. The number of nitrogens with zero attached hydrogens (tertiary/aromatic N) is 1. The maximum absolute atomic E-state index is 13.1. The SMILES string of the molecule is CCCO[C@H]1C[C@@H](C(=O)N2CCC(c3ccccc3OC)CC2)CC[C@@H]1N.Cl. The molecule has 2 N–H and O–H groups in total. The lowest BCUT2D eigenvalue weighted by atomic mass is 9.82. The quantitative estimate of drug-likeness (QED) is 0.775. The third kappa shape index (κ3) is 5.40. The molecule has 1 saturated carbocycles. The highest BCUT2D eigenvalue weighted by molar-refractivity contribution is 5.85. The lowest BCUT2D eigenvalue weighted by Gasteiger charge is -2.38. The summed E-state index contributed by atoms with van der Waals surface area (Å²) in [5.74, 6) is 1.78. The smallest absolute Gasteiger partial charge is 0.225 e. The molecule has 1 heterocycles. The van der Waals surface area contributed by atoms with Gasteiger partial charge in [-0.3, -0.25) is 4.79 Å². The summed E-state index contributed by atoms with van der Waals surface area (Å²) in [5.41, 5.74) is 7.48. The van der Waals surface area contributed by atoms with E-state index in [-0.39, 0.29) is 30.5 Å². The van der Waals surface area contributed by atoms with Gasteiger partial charge in [-0.05, 0) is 56.1 Å². The fourth-order valence-corrected chi connectivity index (χ4v) is 4.51. The van der Waals surface area contributed by atoms with Crippen LogP contribution in [-0.2, 0) is 9.53 Å². The third-order valence-electron chi connectivity index (χ3n) is 6.11. The average molecular weight is 411 g/mol. The van der Waals surface area contributed by atoms with Crippen molar-refractivity contribution >= 4 is 18.3 Å². The molecular formula is C22H35ClN2O3. The number of para-hydroxylation sites is 1. The first kappa shape index (κ1) is 23.0. The molecule has 1 aromatic rings. The third-order valence-corrected chi connectivity index (χ3v) is 6.11. The van der Waals surface area contributed by atoms with Crippen LogP contribution in [0.1, 0.15) is 56.9 Å².